The lowest BCUT2D eigenvalue weighted by Gasteiger charge is -2.40. The summed E-state index contributed by atoms with van der Waals surface area (Å²) >= 11 is 0. The molecule has 1 aliphatic heterocycles. The predicted molar refractivity (Wildman–Crippen MR) is 127 cm³/mol. The number of ketones is 1. The molecule has 2 heterocycles. The lowest BCUT2D eigenvalue weighted by molar-refractivity contribution is -0.118. The Balaban J connectivity index is 1.23. The Hall–Kier alpha value is -3.34. The fourth-order valence-corrected chi connectivity index (χ4v) is 3.97. The van der Waals surface area contributed by atoms with E-state index in [0.29, 0.717) is 19.4 Å². The third kappa shape index (κ3) is 5.67. The van der Waals surface area contributed by atoms with Crippen molar-refractivity contribution in [1.82, 2.24) is 4.98 Å². The quantitative estimate of drug-likeness (QED) is 0.450. The van der Waals surface area contributed by atoms with E-state index in [1.165, 1.54) is 5.69 Å². The summed E-state index contributed by atoms with van der Waals surface area (Å²) in [5.41, 5.74) is 3.31. The van der Waals surface area contributed by atoms with Crippen LogP contribution in [0.15, 0.2) is 73.1 Å². The molecule has 5 heteroatoms. The number of anilines is 1. The normalized spacial score (nSPS) is 14.5. The highest BCUT2D eigenvalue weighted by atomic mass is 16.5. The molecule has 1 saturated heterocycles. The number of nitrogens with zero attached hydrogens (tertiary/aromatic N) is 2. The summed E-state index contributed by atoms with van der Waals surface area (Å²) < 4.78 is 11.6. The molecule has 0 aliphatic carbocycles. The van der Waals surface area contributed by atoms with Gasteiger partial charge < -0.3 is 14.4 Å². The van der Waals surface area contributed by atoms with Crippen LogP contribution in [0.2, 0.25) is 0 Å². The maximum Gasteiger partial charge on any atom is 0.137 e. The molecular formula is C27H30N2O3. The predicted octanol–water partition coefficient (Wildman–Crippen LogP) is 5.05. The first kappa shape index (κ1) is 21.9. The van der Waals surface area contributed by atoms with Gasteiger partial charge in [0.1, 0.15) is 23.4 Å². The Bertz CT molecular complexity index is 997. The van der Waals surface area contributed by atoms with Crippen LogP contribution < -0.4 is 14.4 Å². The van der Waals surface area contributed by atoms with Crippen LogP contribution >= 0.6 is 0 Å². The fraction of sp³-hybridized carbons (Fsp3) is 0.333. The lowest BCUT2D eigenvalue weighted by Crippen LogP contribution is -2.54. The molecule has 0 amide bonds. The molecule has 1 fully saturated rings. The molecule has 32 heavy (non-hydrogen) atoms. The molecule has 1 aliphatic rings. The van der Waals surface area contributed by atoms with Crippen LogP contribution in [-0.4, -0.2) is 36.6 Å². The smallest absolute Gasteiger partial charge is 0.137 e. The van der Waals surface area contributed by atoms with Gasteiger partial charge in [0.25, 0.3) is 0 Å². The van der Waals surface area contributed by atoms with Crippen molar-refractivity contribution in [1.29, 1.82) is 0 Å². The van der Waals surface area contributed by atoms with Crippen LogP contribution in [0.1, 0.15) is 37.3 Å². The Morgan fingerprint density at radius 3 is 2.44 bits per heavy atom. The molecule has 0 spiro atoms. The summed E-state index contributed by atoms with van der Waals surface area (Å²) in [6.45, 7) is 6.50. The Labute approximate surface area is 190 Å². The van der Waals surface area contributed by atoms with E-state index in [2.05, 4.69) is 41.1 Å². The molecule has 5 nitrogen and oxygen atoms in total. The third-order valence-corrected chi connectivity index (χ3v) is 5.77. The van der Waals surface area contributed by atoms with E-state index < -0.39 is 0 Å². The number of Topliss-reactive ketones (excluding diaryl/α,β-unsaturated/α-hetero) is 1. The fourth-order valence-electron chi connectivity index (χ4n) is 3.97. The number of carbonyl (C=O) groups excluding carboxylic acids is 1. The molecule has 1 aromatic heterocycles. The second kappa shape index (κ2) is 10.3. The van der Waals surface area contributed by atoms with Crippen molar-refractivity contribution < 1.29 is 14.3 Å². The van der Waals surface area contributed by atoms with E-state index in [1.54, 1.807) is 12.4 Å². The van der Waals surface area contributed by atoms with E-state index in [1.807, 2.05) is 43.3 Å². The molecule has 0 bridgehead atoms. The first-order valence-corrected chi connectivity index (χ1v) is 11.3. The summed E-state index contributed by atoms with van der Waals surface area (Å²) in [4.78, 5) is 18.8. The number of hydrogen-bond acceptors (Lipinski definition) is 5. The van der Waals surface area contributed by atoms with Gasteiger partial charge in [0, 0.05) is 30.9 Å². The first-order valence-electron chi connectivity index (χ1n) is 11.3. The lowest BCUT2D eigenvalue weighted by atomic mass is 9.93. The number of pyridine rings is 1. The summed E-state index contributed by atoms with van der Waals surface area (Å²) in [5, 5.41) is 0. The minimum Gasteiger partial charge on any atom is -0.494 e. The van der Waals surface area contributed by atoms with Gasteiger partial charge in [0.2, 0.25) is 0 Å². The van der Waals surface area contributed by atoms with Gasteiger partial charge in [-0.1, -0.05) is 25.1 Å². The second-order valence-corrected chi connectivity index (χ2v) is 8.32. The molecule has 4 rings (SSSR count). The molecule has 2 aromatic carbocycles. The molecule has 0 N–H and O–H groups in total. The molecule has 166 valence electrons. The Morgan fingerprint density at radius 2 is 1.78 bits per heavy atom. The van der Waals surface area contributed by atoms with Gasteiger partial charge in [-0.25, -0.2) is 0 Å². The van der Waals surface area contributed by atoms with Crippen molar-refractivity contribution in [2.24, 2.45) is 0 Å². The van der Waals surface area contributed by atoms with Gasteiger partial charge >= 0.3 is 0 Å². The topological polar surface area (TPSA) is 51.7 Å². The van der Waals surface area contributed by atoms with Gasteiger partial charge in [0.15, 0.2) is 0 Å². The average molecular weight is 431 g/mol. The number of benzene rings is 2. The van der Waals surface area contributed by atoms with Crippen molar-refractivity contribution in [3.8, 4) is 11.5 Å². The Morgan fingerprint density at radius 1 is 1.06 bits per heavy atom. The van der Waals surface area contributed by atoms with Gasteiger partial charge in [0.05, 0.1) is 19.7 Å². The zero-order valence-electron chi connectivity index (χ0n) is 18.7. The van der Waals surface area contributed by atoms with Crippen LogP contribution in [0.4, 0.5) is 5.69 Å². The van der Waals surface area contributed by atoms with Crippen LogP contribution in [0, 0.1) is 0 Å². The first-order chi connectivity index (χ1) is 15.6. The highest BCUT2D eigenvalue weighted by Gasteiger charge is 2.28. The number of aromatic nitrogens is 1. The molecule has 0 radical (unpaired) electrons. The van der Waals surface area contributed by atoms with Gasteiger partial charge in [-0.2, -0.15) is 0 Å². The monoisotopic (exact) mass is 430 g/mol. The van der Waals surface area contributed by atoms with Crippen LogP contribution in [0.3, 0.4) is 0 Å². The number of ether oxygens (including phenoxy) is 2. The van der Waals surface area contributed by atoms with Crippen molar-refractivity contribution in [2.75, 3.05) is 24.6 Å². The maximum absolute atomic E-state index is 12.4. The van der Waals surface area contributed by atoms with Gasteiger partial charge in [-0.15, -0.1) is 0 Å². The van der Waals surface area contributed by atoms with E-state index in [-0.39, 0.29) is 17.8 Å². The standard InChI is InChI=1S/C27H30N2O3/c1-3-31-25-12-8-23(9-13-25)29-18-27(19-29)32-26-10-6-22(7-11-26)20(2)15-24(30)16-21-5-4-14-28-17-21/h4-14,17,20,27H,3,15-16,18-19H2,1-2H3/t20-/m1/s1. The van der Waals surface area contributed by atoms with Crippen molar-refractivity contribution >= 4 is 11.5 Å². The van der Waals surface area contributed by atoms with Gasteiger partial charge in [-0.3, -0.25) is 9.78 Å². The molecule has 1 atom stereocenters. The third-order valence-electron chi connectivity index (χ3n) is 5.77. The number of hydrogen-bond donors (Lipinski definition) is 0. The van der Waals surface area contributed by atoms with E-state index in [0.717, 1.165) is 35.7 Å². The minimum absolute atomic E-state index is 0.173. The van der Waals surface area contributed by atoms with Crippen molar-refractivity contribution in [3.05, 3.63) is 84.2 Å². The summed E-state index contributed by atoms with van der Waals surface area (Å²) in [7, 11) is 0. The summed E-state index contributed by atoms with van der Waals surface area (Å²) in [5.74, 6) is 2.18. The SMILES string of the molecule is CCOc1ccc(N2CC(Oc3ccc([C@H](C)CC(=O)Cc4cccnc4)cc3)C2)cc1. The average Bonchev–Trinajstić information content (AvgIpc) is 2.78. The number of carbonyl (C=O) groups is 1. The van der Waals surface area contributed by atoms with E-state index in [9.17, 15) is 4.79 Å². The Kier molecular flexibility index (Phi) is 7.05. The maximum atomic E-state index is 12.4. The van der Waals surface area contributed by atoms with Crippen molar-refractivity contribution in [3.63, 3.8) is 0 Å². The molecule has 0 saturated carbocycles. The minimum atomic E-state index is 0.173. The zero-order chi connectivity index (χ0) is 22.3. The summed E-state index contributed by atoms with van der Waals surface area (Å²) in [6, 6.07) is 20.2. The van der Waals surface area contributed by atoms with Crippen LogP contribution in [0.25, 0.3) is 0 Å². The van der Waals surface area contributed by atoms with E-state index in [4.69, 9.17) is 9.47 Å². The highest BCUT2D eigenvalue weighted by molar-refractivity contribution is 5.81. The second-order valence-electron chi connectivity index (χ2n) is 8.32. The summed E-state index contributed by atoms with van der Waals surface area (Å²) in [6.07, 6.45) is 4.62. The van der Waals surface area contributed by atoms with E-state index >= 15 is 0 Å². The molecule has 0 unspecified atom stereocenters. The van der Waals surface area contributed by atoms with Crippen molar-refractivity contribution in [2.45, 2.75) is 38.7 Å². The number of rotatable bonds is 10. The molecular weight excluding hydrogens is 400 g/mol. The largest absolute Gasteiger partial charge is 0.494 e. The molecule has 3 aromatic rings. The highest BCUT2D eigenvalue weighted by Crippen LogP contribution is 2.27. The van der Waals surface area contributed by atoms with Crippen LogP contribution in [-0.2, 0) is 11.2 Å². The zero-order valence-corrected chi connectivity index (χ0v) is 18.7. The van der Waals surface area contributed by atoms with Gasteiger partial charge in [-0.05, 0) is 66.4 Å². The van der Waals surface area contributed by atoms with Crippen LogP contribution in [0.5, 0.6) is 11.5 Å².